The van der Waals surface area contributed by atoms with E-state index in [0.29, 0.717) is 12.4 Å². The summed E-state index contributed by atoms with van der Waals surface area (Å²) in [7, 11) is 0. The summed E-state index contributed by atoms with van der Waals surface area (Å²) in [5.74, 6) is 1.68. The molecule has 4 rings (SSSR count). The molecule has 1 fully saturated rings. The number of amides is 1. The minimum absolute atomic E-state index is 0.0559. The van der Waals surface area contributed by atoms with E-state index in [-0.39, 0.29) is 11.3 Å². The molecule has 2 aliphatic rings. The van der Waals surface area contributed by atoms with E-state index in [9.17, 15) is 4.79 Å². The molecule has 0 aliphatic carbocycles. The number of nitrogens with zero attached hydrogens (tertiary/aromatic N) is 1. The summed E-state index contributed by atoms with van der Waals surface area (Å²) < 4.78 is 15.9. The molecule has 0 saturated carbocycles. The standard InChI is InChI=1S/C19H21NO4/c1-19(10-14-3-4-16-17(9-14)24-13-23-16)6-2-7-20(12-19)18(21)15-5-8-22-11-15/h3-5,8-9,11H,2,6-7,10,12-13H2,1H3/t19-/m1/s1. The van der Waals surface area contributed by atoms with Gasteiger partial charge in [0, 0.05) is 13.1 Å². The predicted octanol–water partition coefficient (Wildman–Crippen LogP) is 3.49. The summed E-state index contributed by atoms with van der Waals surface area (Å²) in [5, 5.41) is 0. The van der Waals surface area contributed by atoms with Crippen LogP contribution >= 0.6 is 0 Å². The quantitative estimate of drug-likeness (QED) is 0.866. The van der Waals surface area contributed by atoms with Crippen molar-refractivity contribution in [2.75, 3.05) is 19.9 Å². The van der Waals surface area contributed by atoms with Crippen molar-refractivity contribution >= 4 is 5.91 Å². The van der Waals surface area contributed by atoms with Gasteiger partial charge in [-0.05, 0) is 48.4 Å². The maximum absolute atomic E-state index is 12.6. The Morgan fingerprint density at radius 1 is 1.25 bits per heavy atom. The zero-order valence-corrected chi connectivity index (χ0v) is 13.8. The summed E-state index contributed by atoms with van der Waals surface area (Å²) in [6, 6.07) is 7.85. The highest BCUT2D eigenvalue weighted by Crippen LogP contribution is 2.37. The molecule has 126 valence electrons. The highest BCUT2D eigenvalue weighted by Gasteiger charge is 2.34. The van der Waals surface area contributed by atoms with E-state index in [2.05, 4.69) is 19.1 Å². The highest BCUT2D eigenvalue weighted by molar-refractivity contribution is 5.93. The lowest BCUT2D eigenvalue weighted by Gasteiger charge is -2.40. The van der Waals surface area contributed by atoms with E-state index >= 15 is 0 Å². The Bertz CT molecular complexity index is 740. The third-order valence-corrected chi connectivity index (χ3v) is 4.90. The number of hydrogen-bond acceptors (Lipinski definition) is 4. The number of piperidine rings is 1. The van der Waals surface area contributed by atoms with Gasteiger partial charge in [0.25, 0.3) is 5.91 Å². The first-order chi connectivity index (χ1) is 11.6. The maximum atomic E-state index is 12.6. The molecular formula is C19H21NO4. The Morgan fingerprint density at radius 3 is 2.96 bits per heavy atom. The number of fused-ring (bicyclic) bond motifs is 1. The van der Waals surface area contributed by atoms with Crippen LogP contribution in [-0.2, 0) is 6.42 Å². The van der Waals surface area contributed by atoms with E-state index in [1.54, 1.807) is 12.3 Å². The van der Waals surface area contributed by atoms with E-state index in [4.69, 9.17) is 13.9 Å². The molecule has 2 aromatic rings. The topological polar surface area (TPSA) is 51.9 Å². The summed E-state index contributed by atoms with van der Waals surface area (Å²) in [6.07, 6.45) is 6.11. The Morgan fingerprint density at radius 2 is 2.12 bits per heavy atom. The Balaban J connectivity index is 1.49. The van der Waals surface area contributed by atoms with Gasteiger partial charge in [-0.2, -0.15) is 0 Å². The van der Waals surface area contributed by atoms with Crippen LogP contribution in [0.5, 0.6) is 11.5 Å². The smallest absolute Gasteiger partial charge is 0.257 e. The lowest BCUT2D eigenvalue weighted by Crippen LogP contribution is -2.45. The van der Waals surface area contributed by atoms with Crippen LogP contribution in [0, 0.1) is 5.41 Å². The monoisotopic (exact) mass is 327 g/mol. The number of carbonyl (C=O) groups excluding carboxylic acids is 1. The lowest BCUT2D eigenvalue weighted by molar-refractivity contribution is 0.0550. The van der Waals surface area contributed by atoms with E-state index in [1.165, 1.54) is 11.8 Å². The van der Waals surface area contributed by atoms with Crippen LogP contribution in [0.15, 0.2) is 41.2 Å². The maximum Gasteiger partial charge on any atom is 0.257 e. The molecule has 1 atom stereocenters. The zero-order valence-electron chi connectivity index (χ0n) is 13.8. The summed E-state index contributed by atoms with van der Waals surface area (Å²) in [6.45, 7) is 4.11. The molecule has 1 saturated heterocycles. The van der Waals surface area contributed by atoms with Crippen LogP contribution in [0.4, 0.5) is 0 Å². The van der Waals surface area contributed by atoms with Gasteiger partial charge in [-0.25, -0.2) is 0 Å². The van der Waals surface area contributed by atoms with Crippen molar-refractivity contribution in [2.45, 2.75) is 26.2 Å². The molecule has 1 amide bonds. The van der Waals surface area contributed by atoms with Crippen molar-refractivity contribution in [3.8, 4) is 11.5 Å². The first kappa shape index (κ1) is 15.1. The van der Waals surface area contributed by atoms with Gasteiger partial charge in [-0.3, -0.25) is 4.79 Å². The normalized spacial score (nSPS) is 22.6. The van der Waals surface area contributed by atoms with Crippen LogP contribution in [0.2, 0.25) is 0 Å². The minimum Gasteiger partial charge on any atom is -0.472 e. The third-order valence-electron chi connectivity index (χ3n) is 4.90. The predicted molar refractivity (Wildman–Crippen MR) is 88.2 cm³/mol. The van der Waals surface area contributed by atoms with Gasteiger partial charge in [0.15, 0.2) is 11.5 Å². The molecular weight excluding hydrogens is 306 g/mol. The number of benzene rings is 1. The molecule has 0 N–H and O–H groups in total. The van der Waals surface area contributed by atoms with Crippen LogP contribution in [0.3, 0.4) is 0 Å². The van der Waals surface area contributed by atoms with Gasteiger partial charge in [0.05, 0.1) is 11.8 Å². The van der Waals surface area contributed by atoms with Crippen molar-refractivity contribution in [3.05, 3.63) is 47.9 Å². The lowest BCUT2D eigenvalue weighted by atomic mass is 9.77. The van der Waals surface area contributed by atoms with Crippen molar-refractivity contribution in [2.24, 2.45) is 5.41 Å². The van der Waals surface area contributed by atoms with Crippen LogP contribution in [-0.4, -0.2) is 30.7 Å². The number of ether oxygens (including phenoxy) is 2. The van der Waals surface area contributed by atoms with Gasteiger partial charge < -0.3 is 18.8 Å². The molecule has 2 aliphatic heterocycles. The SMILES string of the molecule is C[C@]1(Cc2ccc3c(c2)OCO3)CCCN(C(=O)c2ccoc2)C1. The van der Waals surface area contributed by atoms with Crippen LogP contribution in [0.25, 0.3) is 0 Å². The molecule has 0 spiro atoms. The van der Waals surface area contributed by atoms with Crippen molar-refractivity contribution in [1.29, 1.82) is 0 Å². The minimum atomic E-state index is 0.0559. The molecule has 5 nitrogen and oxygen atoms in total. The number of carbonyl (C=O) groups is 1. The highest BCUT2D eigenvalue weighted by atomic mass is 16.7. The van der Waals surface area contributed by atoms with E-state index < -0.39 is 0 Å². The van der Waals surface area contributed by atoms with Gasteiger partial charge in [0.1, 0.15) is 6.26 Å². The number of furan rings is 1. The largest absolute Gasteiger partial charge is 0.472 e. The fraction of sp³-hybridized carbons (Fsp3) is 0.421. The fourth-order valence-electron chi connectivity index (χ4n) is 3.75. The number of rotatable bonds is 3. The van der Waals surface area contributed by atoms with Crippen molar-refractivity contribution in [3.63, 3.8) is 0 Å². The molecule has 0 radical (unpaired) electrons. The summed E-state index contributed by atoms with van der Waals surface area (Å²) >= 11 is 0. The summed E-state index contributed by atoms with van der Waals surface area (Å²) in [5.41, 5.74) is 1.91. The van der Waals surface area contributed by atoms with Crippen molar-refractivity contribution < 1.29 is 18.7 Å². The first-order valence-corrected chi connectivity index (χ1v) is 8.33. The van der Waals surface area contributed by atoms with Crippen LogP contribution < -0.4 is 9.47 Å². The van der Waals surface area contributed by atoms with Gasteiger partial charge >= 0.3 is 0 Å². The Kier molecular flexibility index (Phi) is 3.71. The van der Waals surface area contributed by atoms with Gasteiger partial charge in [-0.1, -0.05) is 13.0 Å². The second-order valence-corrected chi connectivity index (χ2v) is 7.02. The average Bonchev–Trinajstić information content (AvgIpc) is 3.25. The molecule has 3 heterocycles. The fourth-order valence-corrected chi connectivity index (χ4v) is 3.75. The molecule has 24 heavy (non-hydrogen) atoms. The number of likely N-dealkylation sites (tertiary alicyclic amines) is 1. The number of hydrogen-bond donors (Lipinski definition) is 0. The zero-order chi connectivity index (χ0) is 16.6. The second kappa shape index (κ2) is 5.89. The van der Waals surface area contributed by atoms with Gasteiger partial charge in [-0.15, -0.1) is 0 Å². The Hall–Kier alpha value is -2.43. The second-order valence-electron chi connectivity index (χ2n) is 7.02. The molecule has 1 aromatic heterocycles. The van der Waals surface area contributed by atoms with E-state index in [0.717, 1.165) is 43.9 Å². The molecule has 5 heteroatoms. The first-order valence-electron chi connectivity index (χ1n) is 8.33. The van der Waals surface area contributed by atoms with E-state index in [1.807, 2.05) is 11.0 Å². The third kappa shape index (κ3) is 2.86. The molecule has 1 aromatic carbocycles. The van der Waals surface area contributed by atoms with Crippen LogP contribution in [0.1, 0.15) is 35.7 Å². The summed E-state index contributed by atoms with van der Waals surface area (Å²) in [4.78, 5) is 14.5. The average molecular weight is 327 g/mol. The van der Waals surface area contributed by atoms with Gasteiger partial charge in [0.2, 0.25) is 6.79 Å². The molecule has 0 unspecified atom stereocenters. The van der Waals surface area contributed by atoms with Crippen molar-refractivity contribution in [1.82, 2.24) is 4.90 Å². The molecule has 0 bridgehead atoms. The Labute approximate surface area is 141 Å².